The fraction of sp³-hybridized carbons (Fsp3) is 0.222. The van der Waals surface area contributed by atoms with Crippen molar-refractivity contribution in [3.8, 4) is 0 Å². The number of rotatable bonds is 4. The molecule has 0 aliphatic rings. The van der Waals surface area contributed by atoms with Crippen LogP contribution in [-0.2, 0) is 10.4 Å². The first-order valence-corrected chi connectivity index (χ1v) is 4.57. The first kappa shape index (κ1) is 13.5. The van der Waals surface area contributed by atoms with Gasteiger partial charge in [-0.25, -0.2) is 4.79 Å². The third-order valence-corrected chi connectivity index (χ3v) is 2.33. The second-order valence-electron chi connectivity index (χ2n) is 3.59. The van der Waals surface area contributed by atoms with Crippen molar-refractivity contribution in [2.75, 3.05) is 0 Å². The fourth-order valence-electron chi connectivity index (χ4n) is 1.31. The van der Waals surface area contributed by atoms with Gasteiger partial charge in [-0.2, -0.15) is 0 Å². The van der Waals surface area contributed by atoms with Crippen molar-refractivity contribution in [1.82, 2.24) is 0 Å². The van der Waals surface area contributed by atoms with Crippen LogP contribution in [0.1, 0.15) is 12.5 Å². The molecule has 1 unspecified atom stereocenters. The summed E-state index contributed by atoms with van der Waals surface area (Å²) in [7, 11) is 0. The normalized spacial score (nSPS) is 13.7. The number of non-ortho nitro benzene ring substituents is 1. The van der Waals surface area contributed by atoms with Gasteiger partial charge in [-0.15, -0.1) is 0 Å². The molecule has 2 N–H and O–H groups in total. The van der Waals surface area contributed by atoms with E-state index in [1.54, 1.807) is 0 Å². The molecule has 1 atom stereocenters. The molecule has 0 aliphatic heterocycles. The van der Waals surface area contributed by atoms with E-state index in [-0.39, 0.29) is 0 Å². The zero-order chi connectivity index (χ0) is 14.1. The van der Waals surface area contributed by atoms with E-state index >= 15 is 0 Å². The quantitative estimate of drug-likeness (QED) is 0.598. The Kier molecular flexibility index (Phi) is 3.28. The van der Waals surface area contributed by atoms with Gasteiger partial charge in [-0.3, -0.25) is 20.2 Å². The number of hydrogen-bond acceptors (Lipinski definition) is 6. The molecule has 1 rings (SSSR count). The topological polar surface area (TPSA) is 144 Å². The first-order valence-electron chi connectivity index (χ1n) is 4.57. The predicted octanol–water partition coefficient (Wildman–Crippen LogP) is 0.795. The van der Waals surface area contributed by atoms with Crippen molar-refractivity contribution in [2.45, 2.75) is 12.5 Å². The van der Waals surface area contributed by atoms with Crippen LogP contribution in [0, 0.1) is 20.2 Å². The number of aliphatic carboxylic acids is 1. The highest BCUT2D eigenvalue weighted by molar-refractivity contribution is 5.80. The van der Waals surface area contributed by atoms with Crippen LogP contribution < -0.4 is 0 Å². The molecule has 0 fully saturated rings. The van der Waals surface area contributed by atoms with Crippen LogP contribution in [0.15, 0.2) is 18.2 Å². The number of hydrogen-bond donors (Lipinski definition) is 2. The highest BCUT2D eigenvalue weighted by Gasteiger charge is 2.39. The third kappa shape index (κ3) is 2.25. The molecule has 0 aliphatic carbocycles. The Hall–Kier alpha value is -2.55. The van der Waals surface area contributed by atoms with E-state index in [4.69, 9.17) is 5.11 Å². The lowest BCUT2D eigenvalue weighted by atomic mass is 9.94. The second kappa shape index (κ2) is 4.37. The highest BCUT2D eigenvalue weighted by Crippen LogP contribution is 2.32. The Labute approximate surface area is 99.6 Å². The summed E-state index contributed by atoms with van der Waals surface area (Å²) in [5, 5.41) is 39.6. The van der Waals surface area contributed by atoms with Crippen LogP contribution in [0.4, 0.5) is 11.4 Å². The Morgan fingerprint density at radius 2 is 1.83 bits per heavy atom. The summed E-state index contributed by atoms with van der Waals surface area (Å²) in [5.41, 5.74) is -4.41. The van der Waals surface area contributed by atoms with Gasteiger partial charge in [-0.1, -0.05) is 0 Å². The van der Waals surface area contributed by atoms with E-state index in [1.807, 2.05) is 0 Å². The zero-order valence-electron chi connectivity index (χ0n) is 9.06. The summed E-state index contributed by atoms with van der Waals surface area (Å²) < 4.78 is 0. The van der Waals surface area contributed by atoms with Crippen molar-refractivity contribution in [3.63, 3.8) is 0 Å². The number of carboxylic acid groups (broad SMARTS) is 1. The number of carboxylic acids is 1. The molecule has 1 aromatic rings. The predicted molar refractivity (Wildman–Crippen MR) is 57.0 cm³/mol. The molecule has 9 nitrogen and oxygen atoms in total. The van der Waals surface area contributed by atoms with Crippen LogP contribution in [0.3, 0.4) is 0 Å². The monoisotopic (exact) mass is 256 g/mol. The second-order valence-corrected chi connectivity index (χ2v) is 3.59. The molecule has 1 aromatic carbocycles. The van der Waals surface area contributed by atoms with Gasteiger partial charge >= 0.3 is 5.97 Å². The molecular formula is C9H8N2O7. The maximum Gasteiger partial charge on any atom is 0.340 e. The van der Waals surface area contributed by atoms with Crippen LogP contribution in [0.5, 0.6) is 0 Å². The number of aliphatic hydroxyl groups is 1. The summed E-state index contributed by atoms with van der Waals surface area (Å²) in [5.74, 6) is -1.69. The maximum absolute atomic E-state index is 10.8. The zero-order valence-corrected chi connectivity index (χ0v) is 9.06. The number of nitrogens with zero attached hydrogens (tertiary/aromatic N) is 2. The van der Waals surface area contributed by atoms with Gasteiger partial charge in [0.25, 0.3) is 11.4 Å². The number of nitro benzene ring substituents is 2. The van der Waals surface area contributed by atoms with Gasteiger partial charge in [-0.05, 0) is 13.0 Å². The molecule has 18 heavy (non-hydrogen) atoms. The average Bonchev–Trinajstić information content (AvgIpc) is 2.27. The van der Waals surface area contributed by atoms with Crippen LogP contribution >= 0.6 is 0 Å². The van der Waals surface area contributed by atoms with Crippen LogP contribution in [0.2, 0.25) is 0 Å². The molecule has 0 saturated heterocycles. The molecule has 0 bridgehead atoms. The molecular weight excluding hydrogens is 248 g/mol. The van der Waals surface area contributed by atoms with Gasteiger partial charge in [0.1, 0.15) is 0 Å². The van der Waals surface area contributed by atoms with Gasteiger partial charge in [0.05, 0.1) is 21.5 Å². The lowest BCUT2D eigenvalue weighted by Gasteiger charge is -2.17. The Morgan fingerprint density at radius 1 is 1.28 bits per heavy atom. The molecule has 96 valence electrons. The van der Waals surface area contributed by atoms with E-state index in [1.165, 1.54) is 0 Å². The summed E-state index contributed by atoms with van der Waals surface area (Å²) in [6.07, 6.45) is 0. The summed E-state index contributed by atoms with van der Waals surface area (Å²) in [4.78, 5) is 30.2. The molecule has 0 radical (unpaired) electrons. The van der Waals surface area contributed by atoms with Gasteiger partial charge in [0.15, 0.2) is 5.60 Å². The van der Waals surface area contributed by atoms with Crippen molar-refractivity contribution in [3.05, 3.63) is 44.0 Å². The summed E-state index contributed by atoms with van der Waals surface area (Å²) in [6.45, 7) is 0.851. The minimum absolute atomic E-state index is 0.523. The minimum Gasteiger partial charge on any atom is -0.479 e. The Bertz CT molecular complexity index is 538. The number of carbonyl (C=O) groups is 1. The fourth-order valence-corrected chi connectivity index (χ4v) is 1.31. The standard InChI is InChI=1S/C9H8N2O7/c1-9(14,8(12)13)6-3-2-5(10(15)16)4-7(6)11(17)18/h2-4,14H,1H3,(H,12,13). The van der Waals surface area contributed by atoms with Gasteiger partial charge < -0.3 is 10.2 Å². The average molecular weight is 256 g/mol. The van der Waals surface area contributed by atoms with Crippen molar-refractivity contribution in [1.29, 1.82) is 0 Å². The Morgan fingerprint density at radius 3 is 2.22 bits per heavy atom. The van der Waals surface area contributed by atoms with Crippen LogP contribution in [-0.4, -0.2) is 26.0 Å². The molecule has 0 aromatic heterocycles. The molecule has 9 heteroatoms. The number of benzene rings is 1. The SMILES string of the molecule is CC(O)(C(=O)O)c1ccc([N+](=O)[O-])cc1[N+](=O)[O-]. The van der Waals surface area contributed by atoms with Crippen molar-refractivity contribution < 1.29 is 24.9 Å². The lowest BCUT2D eigenvalue weighted by molar-refractivity contribution is -0.395. The maximum atomic E-state index is 10.8. The van der Waals surface area contributed by atoms with Gasteiger partial charge in [0, 0.05) is 6.07 Å². The minimum atomic E-state index is -2.50. The Balaban J connectivity index is 3.51. The number of nitro groups is 2. The van der Waals surface area contributed by atoms with E-state index in [0.29, 0.717) is 6.07 Å². The first-order chi connectivity index (χ1) is 8.17. The molecule has 0 heterocycles. The van der Waals surface area contributed by atoms with Gasteiger partial charge in [0.2, 0.25) is 0 Å². The largest absolute Gasteiger partial charge is 0.479 e. The highest BCUT2D eigenvalue weighted by atomic mass is 16.6. The van der Waals surface area contributed by atoms with Crippen molar-refractivity contribution in [2.24, 2.45) is 0 Å². The van der Waals surface area contributed by atoms with E-state index in [9.17, 15) is 30.1 Å². The smallest absolute Gasteiger partial charge is 0.340 e. The molecule has 0 amide bonds. The molecule has 0 saturated carbocycles. The van der Waals surface area contributed by atoms with E-state index in [2.05, 4.69) is 0 Å². The summed E-state index contributed by atoms with van der Waals surface area (Å²) >= 11 is 0. The van der Waals surface area contributed by atoms with Crippen molar-refractivity contribution >= 4 is 17.3 Å². The van der Waals surface area contributed by atoms with Crippen LogP contribution in [0.25, 0.3) is 0 Å². The third-order valence-electron chi connectivity index (χ3n) is 2.33. The van der Waals surface area contributed by atoms with E-state index < -0.39 is 38.4 Å². The van der Waals surface area contributed by atoms with E-state index in [0.717, 1.165) is 19.1 Å². The summed E-state index contributed by atoms with van der Waals surface area (Å²) in [6, 6.07) is 2.34. The molecule has 0 spiro atoms. The lowest BCUT2D eigenvalue weighted by Crippen LogP contribution is -2.32.